The molecular formula is C19H13ClFN5O2. The minimum absolute atomic E-state index is 0.0270. The lowest BCUT2D eigenvalue weighted by Crippen LogP contribution is -2.16. The Bertz CT molecular complexity index is 1120. The molecule has 0 aliphatic carbocycles. The van der Waals surface area contributed by atoms with Crippen molar-refractivity contribution in [2.24, 2.45) is 5.10 Å². The molecule has 2 N–H and O–H groups in total. The summed E-state index contributed by atoms with van der Waals surface area (Å²) in [5, 5.41) is 13.3. The standard InChI is InChI=1S/C19H13ClFN5O2/c1-28-17-14(20)7-11(8-15(17)21)10-23-26-19-24-16(12-5-3-2-4-6-12)13(9-22)18(27)25-19/h2-8,10H,1H3,(H2,24,25,26,27). The van der Waals surface area contributed by atoms with Crippen LogP contribution in [0, 0.1) is 17.1 Å². The second kappa shape index (κ2) is 8.33. The first-order valence-corrected chi connectivity index (χ1v) is 8.33. The summed E-state index contributed by atoms with van der Waals surface area (Å²) in [7, 11) is 1.32. The molecule has 1 heterocycles. The number of aromatic nitrogens is 2. The number of anilines is 1. The van der Waals surface area contributed by atoms with Gasteiger partial charge in [-0.3, -0.25) is 9.78 Å². The van der Waals surface area contributed by atoms with Crippen molar-refractivity contribution in [3.05, 3.63) is 74.8 Å². The zero-order valence-electron chi connectivity index (χ0n) is 14.5. The number of nitrogens with one attached hydrogen (secondary N) is 2. The Balaban J connectivity index is 1.90. The minimum atomic E-state index is -0.632. The van der Waals surface area contributed by atoms with Crippen LogP contribution in [0.25, 0.3) is 11.3 Å². The van der Waals surface area contributed by atoms with E-state index in [0.717, 1.165) is 0 Å². The SMILES string of the molecule is COc1c(F)cc(C=NNc2nc(-c3ccccc3)c(C#N)c(=O)[nH]2)cc1Cl. The van der Waals surface area contributed by atoms with Crippen LogP contribution in [0.1, 0.15) is 11.1 Å². The molecule has 0 amide bonds. The van der Waals surface area contributed by atoms with Crippen LogP contribution in [0.4, 0.5) is 10.3 Å². The van der Waals surface area contributed by atoms with E-state index in [4.69, 9.17) is 16.3 Å². The number of nitriles is 1. The molecule has 28 heavy (non-hydrogen) atoms. The Morgan fingerprint density at radius 3 is 2.75 bits per heavy atom. The molecule has 0 saturated heterocycles. The lowest BCUT2D eigenvalue weighted by atomic mass is 10.1. The smallest absolute Gasteiger partial charge is 0.270 e. The first-order chi connectivity index (χ1) is 13.5. The fraction of sp³-hybridized carbons (Fsp3) is 0.0526. The molecule has 0 saturated carbocycles. The maximum Gasteiger partial charge on any atom is 0.270 e. The zero-order chi connectivity index (χ0) is 20.1. The highest BCUT2D eigenvalue weighted by atomic mass is 35.5. The third-order valence-corrected chi connectivity index (χ3v) is 3.97. The van der Waals surface area contributed by atoms with E-state index in [1.54, 1.807) is 24.3 Å². The minimum Gasteiger partial charge on any atom is -0.492 e. The van der Waals surface area contributed by atoms with Crippen LogP contribution in [0.2, 0.25) is 5.02 Å². The van der Waals surface area contributed by atoms with Gasteiger partial charge in [0.2, 0.25) is 5.95 Å². The molecular weight excluding hydrogens is 385 g/mol. The van der Waals surface area contributed by atoms with Gasteiger partial charge in [-0.25, -0.2) is 14.8 Å². The van der Waals surface area contributed by atoms with Crippen LogP contribution < -0.4 is 15.7 Å². The fourth-order valence-electron chi connectivity index (χ4n) is 2.45. The molecule has 2 aromatic carbocycles. The third-order valence-electron chi connectivity index (χ3n) is 3.69. The van der Waals surface area contributed by atoms with Crippen molar-refractivity contribution < 1.29 is 9.13 Å². The van der Waals surface area contributed by atoms with Crippen LogP contribution in [0.3, 0.4) is 0 Å². The molecule has 3 aromatic rings. The van der Waals surface area contributed by atoms with Gasteiger partial charge in [-0.05, 0) is 17.7 Å². The summed E-state index contributed by atoms with van der Waals surface area (Å²) >= 11 is 5.94. The molecule has 3 rings (SSSR count). The molecule has 1 aromatic heterocycles. The number of ether oxygens (including phenoxy) is 1. The van der Waals surface area contributed by atoms with Gasteiger partial charge in [-0.2, -0.15) is 10.4 Å². The second-order valence-electron chi connectivity index (χ2n) is 5.50. The van der Waals surface area contributed by atoms with E-state index in [9.17, 15) is 14.4 Å². The number of methoxy groups -OCH3 is 1. The Labute approximate surface area is 164 Å². The highest BCUT2D eigenvalue weighted by molar-refractivity contribution is 6.32. The van der Waals surface area contributed by atoms with Gasteiger partial charge in [0.15, 0.2) is 11.6 Å². The van der Waals surface area contributed by atoms with Gasteiger partial charge in [0, 0.05) is 5.56 Å². The summed E-state index contributed by atoms with van der Waals surface area (Å²) in [4.78, 5) is 18.8. The first kappa shape index (κ1) is 19.1. The number of hydrazone groups is 1. The summed E-state index contributed by atoms with van der Waals surface area (Å²) in [6.07, 6.45) is 1.30. The maximum atomic E-state index is 13.9. The van der Waals surface area contributed by atoms with Gasteiger partial charge in [0.1, 0.15) is 11.6 Å². The van der Waals surface area contributed by atoms with Crippen molar-refractivity contribution in [2.45, 2.75) is 0 Å². The van der Waals surface area contributed by atoms with E-state index in [-0.39, 0.29) is 28.0 Å². The number of rotatable bonds is 5. The predicted octanol–water partition coefficient (Wildman–Crippen LogP) is 3.56. The van der Waals surface area contributed by atoms with E-state index in [1.807, 2.05) is 12.1 Å². The summed E-state index contributed by atoms with van der Waals surface area (Å²) in [6.45, 7) is 0. The lowest BCUT2D eigenvalue weighted by Gasteiger charge is -2.06. The number of H-pyrrole nitrogens is 1. The number of hydrogen-bond donors (Lipinski definition) is 2. The monoisotopic (exact) mass is 397 g/mol. The van der Waals surface area contributed by atoms with E-state index >= 15 is 0 Å². The van der Waals surface area contributed by atoms with Crippen LogP contribution in [-0.2, 0) is 0 Å². The number of aromatic amines is 1. The maximum absolute atomic E-state index is 13.9. The average Bonchev–Trinajstić information content (AvgIpc) is 2.68. The van der Waals surface area contributed by atoms with Crippen LogP contribution in [0.5, 0.6) is 5.75 Å². The summed E-state index contributed by atoms with van der Waals surface area (Å²) in [6, 6.07) is 13.3. The molecule has 0 aliphatic rings. The Kier molecular flexibility index (Phi) is 5.67. The van der Waals surface area contributed by atoms with Crippen molar-refractivity contribution in [1.29, 1.82) is 5.26 Å². The molecule has 0 atom stereocenters. The Morgan fingerprint density at radius 2 is 2.11 bits per heavy atom. The zero-order valence-corrected chi connectivity index (χ0v) is 15.3. The molecule has 0 unspecified atom stereocenters. The molecule has 9 heteroatoms. The molecule has 140 valence electrons. The van der Waals surface area contributed by atoms with Gasteiger partial charge in [-0.1, -0.05) is 41.9 Å². The largest absolute Gasteiger partial charge is 0.492 e. The van der Waals surface area contributed by atoms with Crippen LogP contribution >= 0.6 is 11.6 Å². The van der Waals surface area contributed by atoms with Gasteiger partial charge in [0.05, 0.1) is 24.0 Å². The predicted molar refractivity (Wildman–Crippen MR) is 104 cm³/mol. The number of hydrogen-bond acceptors (Lipinski definition) is 6. The van der Waals surface area contributed by atoms with Gasteiger partial charge < -0.3 is 4.74 Å². The molecule has 0 spiro atoms. The van der Waals surface area contributed by atoms with Crippen LogP contribution in [-0.4, -0.2) is 23.3 Å². The number of halogens is 2. The van der Waals surface area contributed by atoms with Crippen molar-refractivity contribution in [1.82, 2.24) is 9.97 Å². The third kappa shape index (κ3) is 4.00. The van der Waals surface area contributed by atoms with Crippen molar-refractivity contribution >= 4 is 23.8 Å². The summed E-state index contributed by atoms with van der Waals surface area (Å²) in [5.74, 6) is -0.663. The van der Waals surface area contributed by atoms with E-state index in [0.29, 0.717) is 11.1 Å². The van der Waals surface area contributed by atoms with Crippen molar-refractivity contribution in [2.75, 3.05) is 12.5 Å². The second-order valence-corrected chi connectivity index (χ2v) is 5.91. The molecule has 7 nitrogen and oxygen atoms in total. The topological polar surface area (TPSA) is 103 Å². The lowest BCUT2D eigenvalue weighted by molar-refractivity contribution is 0.387. The van der Waals surface area contributed by atoms with Crippen molar-refractivity contribution in [3.63, 3.8) is 0 Å². The summed E-state index contributed by atoms with van der Waals surface area (Å²) in [5.41, 5.74) is 3.06. The highest BCUT2D eigenvalue weighted by Crippen LogP contribution is 2.28. The summed E-state index contributed by atoms with van der Waals surface area (Å²) < 4.78 is 18.7. The fourth-order valence-corrected chi connectivity index (χ4v) is 2.75. The highest BCUT2D eigenvalue weighted by Gasteiger charge is 2.13. The first-order valence-electron chi connectivity index (χ1n) is 7.95. The van der Waals surface area contributed by atoms with Crippen molar-refractivity contribution in [3.8, 4) is 23.1 Å². The number of benzene rings is 2. The number of nitrogens with zero attached hydrogens (tertiary/aromatic N) is 3. The average molecular weight is 398 g/mol. The Morgan fingerprint density at radius 1 is 1.36 bits per heavy atom. The van der Waals surface area contributed by atoms with Gasteiger partial charge >= 0.3 is 0 Å². The van der Waals surface area contributed by atoms with E-state index in [1.165, 1.54) is 25.5 Å². The van der Waals surface area contributed by atoms with E-state index < -0.39 is 11.4 Å². The quantitative estimate of drug-likeness (QED) is 0.506. The van der Waals surface area contributed by atoms with Gasteiger partial charge in [0.25, 0.3) is 5.56 Å². The Hall–Kier alpha value is -3.70. The molecule has 0 radical (unpaired) electrons. The molecule has 0 aliphatic heterocycles. The normalized spacial score (nSPS) is 10.6. The van der Waals surface area contributed by atoms with E-state index in [2.05, 4.69) is 20.5 Å². The van der Waals surface area contributed by atoms with Crippen LogP contribution in [0.15, 0.2) is 52.4 Å². The van der Waals surface area contributed by atoms with Gasteiger partial charge in [-0.15, -0.1) is 0 Å². The molecule has 0 fully saturated rings. The molecule has 0 bridgehead atoms.